The molecule has 1 spiro atoms. The van der Waals surface area contributed by atoms with Crippen LogP contribution in [0.1, 0.15) is 30.0 Å². The molecular formula is C38H22Cl2O2S. The average Bonchev–Trinajstić information content (AvgIpc) is 3.68. The molecule has 2 aromatic heterocycles. The molecule has 7 aromatic rings. The molecule has 0 saturated heterocycles. The van der Waals surface area contributed by atoms with Crippen LogP contribution < -0.4 is 4.74 Å². The number of hydrogen-bond donors (Lipinski definition) is 0. The van der Waals surface area contributed by atoms with Gasteiger partial charge in [0.05, 0.1) is 15.5 Å². The fourth-order valence-corrected chi connectivity index (χ4v) is 9.90. The number of fused-ring (bicyclic) bond motifs is 16. The minimum atomic E-state index is -0.676. The summed E-state index contributed by atoms with van der Waals surface area (Å²) in [6.45, 7) is 2.24. The Morgan fingerprint density at radius 3 is 2.40 bits per heavy atom. The van der Waals surface area contributed by atoms with Crippen molar-refractivity contribution in [2.75, 3.05) is 0 Å². The molecule has 0 N–H and O–H groups in total. The molecule has 3 heterocycles. The Morgan fingerprint density at radius 1 is 0.791 bits per heavy atom. The van der Waals surface area contributed by atoms with Gasteiger partial charge < -0.3 is 9.15 Å². The van der Waals surface area contributed by atoms with Gasteiger partial charge in [-0.05, 0) is 47.9 Å². The highest BCUT2D eigenvalue weighted by Gasteiger charge is 2.54. The molecular weight excluding hydrogens is 591 g/mol. The average molecular weight is 614 g/mol. The summed E-state index contributed by atoms with van der Waals surface area (Å²) in [6.07, 6.45) is 5.47. The van der Waals surface area contributed by atoms with Gasteiger partial charge in [0.1, 0.15) is 22.7 Å². The summed E-state index contributed by atoms with van der Waals surface area (Å²) in [5.41, 5.74) is 7.74. The van der Waals surface area contributed by atoms with Crippen molar-refractivity contribution in [2.45, 2.75) is 18.8 Å². The lowest BCUT2D eigenvalue weighted by molar-refractivity contribution is 0.322. The Labute approximate surface area is 261 Å². The van der Waals surface area contributed by atoms with E-state index in [1.165, 1.54) is 20.3 Å². The molecule has 10 rings (SSSR count). The topological polar surface area (TPSA) is 22.4 Å². The van der Waals surface area contributed by atoms with E-state index in [1.54, 1.807) is 11.3 Å². The maximum atomic E-state index is 7.34. The molecule has 0 saturated carbocycles. The number of benzene rings is 5. The highest BCUT2D eigenvalue weighted by Crippen LogP contribution is 2.66. The van der Waals surface area contributed by atoms with Crippen LogP contribution in [0.25, 0.3) is 53.2 Å². The number of para-hydroxylation sites is 2. The molecule has 5 aromatic carbocycles. The zero-order chi connectivity index (χ0) is 28.6. The van der Waals surface area contributed by atoms with Gasteiger partial charge in [-0.2, -0.15) is 0 Å². The van der Waals surface area contributed by atoms with Crippen LogP contribution in [0.3, 0.4) is 0 Å². The highest BCUT2D eigenvalue weighted by atomic mass is 35.5. The standard InChI is InChI=1S/C38H22Cl2O2S/c1-19-9-8-13-23-35(19)42-29-15-6-4-12-22(29)38(23)24-17-26(39)31-20-10-2-5-14-28(20)41-36(31)33(24)34-25(38)18-27(40)32-21-11-3-7-16-30(21)43-37(32)34/h2-8,10-19H,9H2,1H3. The van der Waals surface area contributed by atoms with Crippen LogP contribution in [0.2, 0.25) is 10.0 Å². The molecule has 3 aliphatic rings. The first-order chi connectivity index (χ1) is 21.1. The summed E-state index contributed by atoms with van der Waals surface area (Å²) in [7, 11) is 0. The highest BCUT2D eigenvalue weighted by molar-refractivity contribution is 7.26. The van der Waals surface area contributed by atoms with Crippen molar-refractivity contribution in [1.82, 2.24) is 0 Å². The van der Waals surface area contributed by atoms with Crippen LogP contribution in [0.5, 0.6) is 5.75 Å². The van der Waals surface area contributed by atoms with Crippen LogP contribution in [-0.4, -0.2) is 0 Å². The van der Waals surface area contributed by atoms with E-state index in [0.717, 1.165) is 78.1 Å². The van der Waals surface area contributed by atoms with E-state index in [4.69, 9.17) is 32.4 Å². The lowest BCUT2D eigenvalue weighted by Crippen LogP contribution is -2.36. The van der Waals surface area contributed by atoms with Gasteiger partial charge in [-0.15, -0.1) is 11.3 Å². The van der Waals surface area contributed by atoms with Crippen molar-refractivity contribution in [3.63, 3.8) is 0 Å². The zero-order valence-electron chi connectivity index (χ0n) is 23.0. The third-order valence-corrected chi connectivity index (χ3v) is 11.4. The van der Waals surface area contributed by atoms with Gasteiger partial charge in [0.15, 0.2) is 0 Å². The summed E-state index contributed by atoms with van der Waals surface area (Å²) in [5.74, 6) is 2.11. The predicted octanol–water partition coefficient (Wildman–Crippen LogP) is 11.8. The van der Waals surface area contributed by atoms with E-state index in [2.05, 4.69) is 85.8 Å². The number of rotatable bonds is 0. The minimum absolute atomic E-state index is 0.228. The van der Waals surface area contributed by atoms with Gasteiger partial charge in [0.2, 0.25) is 0 Å². The number of furan rings is 1. The van der Waals surface area contributed by atoms with Gasteiger partial charge in [-0.3, -0.25) is 0 Å². The van der Waals surface area contributed by atoms with E-state index in [0.29, 0.717) is 5.02 Å². The van der Waals surface area contributed by atoms with Crippen LogP contribution in [-0.2, 0) is 5.41 Å². The second-order valence-electron chi connectivity index (χ2n) is 11.8. The molecule has 2 unspecified atom stereocenters. The Morgan fingerprint density at radius 2 is 1.51 bits per heavy atom. The van der Waals surface area contributed by atoms with Gasteiger partial charge in [-0.25, -0.2) is 0 Å². The van der Waals surface area contributed by atoms with Crippen LogP contribution in [0, 0.1) is 5.92 Å². The molecule has 0 bridgehead atoms. The molecule has 0 fully saturated rings. The fourth-order valence-electron chi connectivity index (χ4n) is 7.96. The molecule has 2 aliphatic carbocycles. The quantitative estimate of drug-likeness (QED) is 0.170. The summed E-state index contributed by atoms with van der Waals surface area (Å²) in [4.78, 5) is 0. The fraction of sp³-hybridized carbons (Fsp3) is 0.105. The Balaban J connectivity index is 1.51. The molecule has 0 radical (unpaired) electrons. The maximum absolute atomic E-state index is 7.34. The third-order valence-electron chi connectivity index (χ3n) is 9.66. The summed E-state index contributed by atoms with van der Waals surface area (Å²) >= 11 is 16.4. The van der Waals surface area contributed by atoms with Crippen LogP contribution >= 0.6 is 34.5 Å². The van der Waals surface area contributed by atoms with Crippen LogP contribution in [0.15, 0.2) is 113 Å². The molecule has 2 atom stereocenters. The first-order valence-electron chi connectivity index (χ1n) is 14.5. The van der Waals surface area contributed by atoms with Gasteiger partial charge in [-0.1, -0.05) is 96.9 Å². The largest absolute Gasteiger partial charge is 0.461 e. The molecule has 1 aliphatic heterocycles. The molecule has 5 heteroatoms. The van der Waals surface area contributed by atoms with Crippen molar-refractivity contribution in [2.24, 2.45) is 5.92 Å². The summed E-state index contributed by atoms with van der Waals surface area (Å²) < 4.78 is 15.9. The minimum Gasteiger partial charge on any atom is -0.461 e. The van der Waals surface area contributed by atoms with E-state index in [1.807, 2.05) is 18.2 Å². The number of thiophene rings is 1. The van der Waals surface area contributed by atoms with Gasteiger partial charge in [0, 0.05) is 59.1 Å². The Kier molecular flexibility index (Phi) is 4.73. The lowest BCUT2D eigenvalue weighted by Gasteiger charge is -2.42. The van der Waals surface area contributed by atoms with Gasteiger partial charge >= 0.3 is 0 Å². The maximum Gasteiger partial charge on any atom is 0.145 e. The van der Waals surface area contributed by atoms with E-state index >= 15 is 0 Å². The normalized spacial score (nSPS) is 20.2. The first kappa shape index (κ1) is 24.4. The Bertz CT molecular complexity index is 2330. The van der Waals surface area contributed by atoms with Crippen molar-refractivity contribution < 1.29 is 9.15 Å². The molecule has 2 nitrogen and oxygen atoms in total. The van der Waals surface area contributed by atoms with Gasteiger partial charge in [0.25, 0.3) is 0 Å². The molecule has 0 amide bonds. The Hall–Kier alpha value is -4.02. The summed E-state index contributed by atoms with van der Waals surface area (Å²) in [6, 6.07) is 29.6. The van der Waals surface area contributed by atoms with Crippen molar-refractivity contribution in [1.29, 1.82) is 0 Å². The number of ether oxygens (including phenoxy) is 1. The summed E-state index contributed by atoms with van der Waals surface area (Å²) in [5, 5.41) is 5.67. The third kappa shape index (κ3) is 2.87. The smallest absolute Gasteiger partial charge is 0.145 e. The SMILES string of the molecule is CC1CC=CC2=C1Oc1ccccc1C21c2cc(Cl)c3c(oc4ccccc43)c2-c2c1cc(Cl)c1c2sc2ccccc21. The number of halogens is 2. The molecule has 43 heavy (non-hydrogen) atoms. The van der Waals surface area contributed by atoms with E-state index < -0.39 is 5.41 Å². The monoisotopic (exact) mass is 612 g/mol. The second-order valence-corrected chi connectivity index (χ2v) is 13.7. The second kappa shape index (κ2) is 8.33. The van der Waals surface area contributed by atoms with E-state index in [9.17, 15) is 0 Å². The number of allylic oxidation sites excluding steroid dienone is 4. The zero-order valence-corrected chi connectivity index (χ0v) is 25.3. The number of hydrogen-bond acceptors (Lipinski definition) is 3. The first-order valence-corrected chi connectivity index (χ1v) is 16.1. The van der Waals surface area contributed by atoms with Crippen molar-refractivity contribution in [3.05, 3.63) is 135 Å². The van der Waals surface area contributed by atoms with E-state index in [-0.39, 0.29) is 5.92 Å². The van der Waals surface area contributed by atoms with Crippen molar-refractivity contribution >= 4 is 76.6 Å². The molecule has 206 valence electrons. The van der Waals surface area contributed by atoms with Crippen molar-refractivity contribution in [3.8, 4) is 16.9 Å². The predicted molar refractivity (Wildman–Crippen MR) is 179 cm³/mol. The van der Waals surface area contributed by atoms with Crippen LogP contribution in [0.4, 0.5) is 0 Å². The lowest BCUT2D eigenvalue weighted by atomic mass is 9.63.